The van der Waals surface area contributed by atoms with E-state index in [4.69, 9.17) is 5.11 Å². The Morgan fingerprint density at radius 2 is 1.38 bits per heavy atom. The monoisotopic (exact) mass is 284 g/mol. The molecule has 2 aromatic rings. The maximum atomic E-state index is 12.1. The highest BCUT2D eigenvalue weighted by molar-refractivity contribution is 5.97. The second-order valence-electron chi connectivity index (χ2n) is 6.30. The van der Waals surface area contributed by atoms with Gasteiger partial charge in [-0.25, -0.2) is 0 Å². The molecule has 0 amide bonds. The predicted molar refractivity (Wildman–Crippen MR) is 85.0 cm³/mol. The number of nitrogens with zero attached hydrogens (tertiary/aromatic N) is 1. The lowest BCUT2D eigenvalue weighted by molar-refractivity contribution is -0.861. The highest BCUT2D eigenvalue weighted by Gasteiger charge is 2.16. The quantitative estimate of drug-likeness (QED) is 0.677. The normalized spacial score (nSPS) is 11.4. The van der Waals surface area contributed by atoms with Crippen molar-refractivity contribution in [1.29, 1.82) is 0 Å². The van der Waals surface area contributed by atoms with Crippen LogP contribution in [0.25, 0.3) is 11.1 Å². The fraction of sp³-hybridized carbons (Fsp3) is 0.278. The topological polar surface area (TPSA) is 37.3 Å². The second kappa shape index (κ2) is 6.20. The third-order valence-electron chi connectivity index (χ3n) is 3.29. The van der Waals surface area contributed by atoms with Crippen LogP contribution in [0.15, 0.2) is 48.5 Å². The molecular weight excluding hydrogens is 262 g/mol. The number of likely N-dealkylation sites (N-methyl/N-ethyl adjacent to an activating group) is 1. The van der Waals surface area contributed by atoms with Gasteiger partial charge in [0.15, 0.2) is 0 Å². The van der Waals surface area contributed by atoms with Gasteiger partial charge in [-0.05, 0) is 16.7 Å². The minimum absolute atomic E-state index is 0.0543. The summed E-state index contributed by atoms with van der Waals surface area (Å²) in [7, 11) is 6.03. The van der Waals surface area contributed by atoms with Crippen LogP contribution in [0.1, 0.15) is 15.9 Å². The molecule has 0 fully saturated rings. The Hall–Kier alpha value is -1.97. The van der Waals surface area contributed by atoms with Crippen LogP contribution in [0, 0.1) is 0 Å². The number of carbonyl (C=O) groups excluding carboxylic acids is 1. The molecule has 110 valence electrons. The molecule has 0 bridgehead atoms. The van der Waals surface area contributed by atoms with Gasteiger partial charge in [-0.15, -0.1) is 0 Å². The van der Waals surface area contributed by atoms with Gasteiger partial charge in [0.2, 0.25) is 5.78 Å². The van der Waals surface area contributed by atoms with Crippen LogP contribution < -0.4 is 0 Å². The van der Waals surface area contributed by atoms with Crippen LogP contribution >= 0.6 is 0 Å². The Morgan fingerprint density at radius 3 is 1.81 bits per heavy atom. The van der Waals surface area contributed by atoms with E-state index in [1.807, 2.05) is 69.7 Å². The van der Waals surface area contributed by atoms with Crippen LogP contribution in [0.2, 0.25) is 0 Å². The number of aliphatic hydroxyl groups excluding tert-OH is 1. The number of quaternary nitrogens is 1. The number of Topliss-reactive ketones (excluding diaryl/α,β-unsaturated/α-hetero) is 1. The predicted octanol–water partition coefficient (Wildman–Crippen LogP) is 2.73. The maximum absolute atomic E-state index is 12.1. The van der Waals surface area contributed by atoms with E-state index in [1.165, 1.54) is 0 Å². The lowest BCUT2D eigenvalue weighted by Crippen LogP contribution is -2.39. The minimum atomic E-state index is 0.0543. The molecule has 0 aromatic heterocycles. The molecule has 0 atom stereocenters. The average molecular weight is 284 g/mol. The van der Waals surface area contributed by atoms with Gasteiger partial charge in [0.1, 0.15) is 6.54 Å². The molecule has 0 saturated carbocycles. The highest BCUT2D eigenvalue weighted by Crippen LogP contribution is 2.20. The van der Waals surface area contributed by atoms with Gasteiger partial charge < -0.3 is 9.59 Å². The number of rotatable bonds is 5. The van der Waals surface area contributed by atoms with Crippen molar-refractivity contribution in [2.45, 2.75) is 6.61 Å². The third kappa shape index (κ3) is 4.25. The molecule has 3 nitrogen and oxygen atoms in total. The molecular formula is C18H22NO2+. The van der Waals surface area contributed by atoms with Crippen molar-refractivity contribution in [1.82, 2.24) is 0 Å². The first-order valence-electron chi connectivity index (χ1n) is 7.03. The van der Waals surface area contributed by atoms with Crippen molar-refractivity contribution in [2.24, 2.45) is 0 Å². The molecule has 0 aliphatic heterocycles. The summed E-state index contributed by atoms with van der Waals surface area (Å²) in [5.41, 5.74) is 3.80. The van der Waals surface area contributed by atoms with Gasteiger partial charge in [0, 0.05) is 5.56 Å². The zero-order valence-electron chi connectivity index (χ0n) is 12.8. The molecule has 0 unspecified atom stereocenters. The van der Waals surface area contributed by atoms with E-state index in [-0.39, 0.29) is 12.4 Å². The molecule has 0 heterocycles. The zero-order valence-corrected chi connectivity index (χ0v) is 12.8. The lowest BCUT2D eigenvalue weighted by Gasteiger charge is -2.22. The summed E-state index contributed by atoms with van der Waals surface area (Å²) in [5.74, 6) is 0.157. The molecule has 2 rings (SSSR count). The first-order valence-corrected chi connectivity index (χ1v) is 7.03. The minimum Gasteiger partial charge on any atom is -0.392 e. The highest BCUT2D eigenvalue weighted by atomic mass is 16.3. The van der Waals surface area contributed by atoms with Crippen molar-refractivity contribution >= 4 is 5.78 Å². The number of ketones is 1. The molecule has 0 spiro atoms. The van der Waals surface area contributed by atoms with E-state index in [2.05, 4.69) is 0 Å². The SMILES string of the molecule is C[N+](C)(C)CC(=O)c1ccc(-c2ccc(CO)cc2)cc1. The number of benzene rings is 2. The smallest absolute Gasteiger partial charge is 0.216 e. The van der Waals surface area contributed by atoms with Crippen molar-refractivity contribution in [3.05, 3.63) is 59.7 Å². The number of hydrogen-bond acceptors (Lipinski definition) is 2. The third-order valence-corrected chi connectivity index (χ3v) is 3.29. The van der Waals surface area contributed by atoms with Gasteiger partial charge >= 0.3 is 0 Å². The maximum Gasteiger partial charge on any atom is 0.216 e. The Bertz CT molecular complexity index is 607. The van der Waals surface area contributed by atoms with Crippen LogP contribution in [0.3, 0.4) is 0 Å². The van der Waals surface area contributed by atoms with E-state index in [1.54, 1.807) is 0 Å². The number of aliphatic hydroxyl groups is 1. The van der Waals surface area contributed by atoms with Crippen molar-refractivity contribution in [3.8, 4) is 11.1 Å². The van der Waals surface area contributed by atoms with Crippen LogP contribution in [0.5, 0.6) is 0 Å². The zero-order chi connectivity index (χ0) is 15.5. The summed E-state index contributed by atoms with van der Waals surface area (Å²) in [6.45, 7) is 0.545. The molecule has 21 heavy (non-hydrogen) atoms. The van der Waals surface area contributed by atoms with E-state index < -0.39 is 0 Å². The summed E-state index contributed by atoms with van der Waals surface area (Å²) in [6, 6.07) is 15.5. The first kappa shape index (κ1) is 15.4. The van der Waals surface area contributed by atoms with Gasteiger partial charge in [0.05, 0.1) is 27.7 Å². The summed E-state index contributed by atoms with van der Waals surface area (Å²) < 4.78 is 0.628. The molecule has 0 saturated heterocycles. The summed E-state index contributed by atoms with van der Waals surface area (Å²) in [6.07, 6.45) is 0. The average Bonchev–Trinajstić information content (AvgIpc) is 2.46. The van der Waals surface area contributed by atoms with Gasteiger partial charge in [-0.3, -0.25) is 4.79 Å². The van der Waals surface area contributed by atoms with Crippen molar-refractivity contribution in [2.75, 3.05) is 27.7 Å². The number of hydrogen-bond donors (Lipinski definition) is 1. The van der Waals surface area contributed by atoms with Gasteiger partial charge in [-0.2, -0.15) is 0 Å². The molecule has 2 aromatic carbocycles. The molecule has 1 N–H and O–H groups in total. The summed E-state index contributed by atoms with van der Waals surface area (Å²) >= 11 is 0. The fourth-order valence-electron chi connectivity index (χ4n) is 2.17. The van der Waals surface area contributed by atoms with E-state index >= 15 is 0 Å². The largest absolute Gasteiger partial charge is 0.392 e. The lowest BCUT2D eigenvalue weighted by atomic mass is 10.0. The molecule has 0 radical (unpaired) electrons. The molecule has 3 heteroatoms. The first-order chi connectivity index (χ1) is 9.89. The van der Waals surface area contributed by atoms with Crippen LogP contribution in [0.4, 0.5) is 0 Å². The van der Waals surface area contributed by atoms with E-state index in [9.17, 15) is 4.79 Å². The van der Waals surface area contributed by atoms with Gasteiger partial charge in [-0.1, -0.05) is 48.5 Å². The van der Waals surface area contributed by atoms with Crippen molar-refractivity contribution < 1.29 is 14.4 Å². The Labute approximate surface area is 126 Å². The standard InChI is InChI=1S/C18H22NO2/c1-19(2,3)12-18(21)17-10-8-16(9-11-17)15-6-4-14(13-20)5-7-15/h4-11,20H,12-13H2,1-3H3/q+1. The molecule has 0 aliphatic rings. The summed E-state index contributed by atoms with van der Waals surface area (Å²) in [4.78, 5) is 12.1. The van der Waals surface area contributed by atoms with E-state index in [0.717, 1.165) is 22.3 Å². The van der Waals surface area contributed by atoms with Crippen LogP contribution in [-0.4, -0.2) is 43.1 Å². The van der Waals surface area contributed by atoms with E-state index in [0.29, 0.717) is 11.0 Å². The fourth-order valence-corrected chi connectivity index (χ4v) is 2.17. The van der Waals surface area contributed by atoms with Gasteiger partial charge in [0.25, 0.3) is 0 Å². The Kier molecular flexibility index (Phi) is 4.56. The Balaban J connectivity index is 2.16. The Morgan fingerprint density at radius 1 is 0.905 bits per heavy atom. The molecule has 0 aliphatic carbocycles. The van der Waals surface area contributed by atoms with Crippen LogP contribution in [-0.2, 0) is 6.61 Å². The number of carbonyl (C=O) groups is 1. The van der Waals surface area contributed by atoms with Crippen molar-refractivity contribution in [3.63, 3.8) is 0 Å². The summed E-state index contributed by atoms with van der Waals surface area (Å²) in [5, 5.41) is 9.05. The second-order valence-corrected chi connectivity index (χ2v) is 6.30.